The van der Waals surface area contributed by atoms with Crippen molar-refractivity contribution in [3.05, 3.63) is 83.3 Å². The Morgan fingerprint density at radius 1 is 0.878 bits per heavy atom. The number of nitrogens with two attached hydrogens (primary N) is 1. The van der Waals surface area contributed by atoms with Crippen molar-refractivity contribution >= 4 is 11.2 Å². The Labute approximate surface area is 244 Å². The van der Waals surface area contributed by atoms with E-state index in [1.807, 2.05) is 36.8 Å². The van der Waals surface area contributed by atoms with Crippen molar-refractivity contribution in [2.24, 2.45) is 17.6 Å². The van der Waals surface area contributed by atoms with Crippen LogP contribution in [0.2, 0.25) is 0 Å². The highest BCUT2D eigenvalue weighted by molar-refractivity contribution is 5.71. The van der Waals surface area contributed by atoms with E-state index >= 15 is 0 Å². The molecule has 0 aliphatic heterocycles. The molecule has 7 heteroatoms. The second-order valence-corrected chi connectivity index (χ2v) is 12.1. The molecule has 1 saturated carbocycles. The molecular weight excluding hydrogens is 512 g/mol. The van der Waals surface area contributed by atoms with Gasteiger partial charge in [-0.3, -0.25) is 0 Å². The Balaban J connectivity index is 1.19. The quantitative estimate of drug-likeness (QED) is 0.207. The lowest BCUT2D eigenvalue weighted by molar-refractivity contribution is 0.105. The number of hydrogen-bond acceptors (Lipinski definition) is 6. The number of ether oxygens (including phenoxy) is 3. The summed E-state index contributed by atoms with van der Waals surface area (Å²) in [7, 11) is 3.37. The molecule has 1 aliphatic rings. The molecule has 5 rings (SSSR count). The van der Waals surface area contributed by atoms with Gasteiger partial charge in [0.2, 0.25) is 0 Å². The molecule has 2 aromatic carbocycles. The number of nitrogens with zero attached hydrogens (tertiary/aromatic N) is 3. The first kappa shape index (κ1) is 29.1. The van der Waals surface area contributed by atoms with Gasteiger partial charge in [-0.05, 0) is 92.3 Å². The largest absolute Gasteiger partial charge is 0.497 e. The van der Waals surface area contributed by atoms with Crippen LogP contribution in [0.5, 0.6) is 11.5 Å². The number of imidazole rings is 1. The molecule has 2 aromatic heterocycles. The van der Waals surface area contributed by atoms with Crippen molar-refractivity contribution in [3.63, 3.8) is 0 Å². The number of benzene rings is 2. The van der Waals surface area contributed by atoms with Crippen LogP contribution in [0, 0.1) is 11.8 Å². The van der Waals surface area contributed by atoms with Gasteiger partial charge in [-0.1, -0.05) is 37.1 Å². The molecule has 41 heavy (non-hydrogen) atoms. The summed E-state index contributed by atoms with van der Waals surface area (Å²) in [6, 6.07) is 16.4. The molecule has 2 unspecified atom stereocenters. The van der Waals surface area contributed by atoms with Gasteiger partial charge in [0, 0.05) is 17.3 Å². The van der Waals surface area contributed by atoms with Crippen LogP contribution in [0.25, 0.3) is 11.2 Å². The van der Waals surface area contributed by atoms with E-state index < -0.39 is 0 Å². The zero-order chi connectivity index (χ0) is 28.8. The van der Waals surface area contributed by atoms with Gasteiger partial charge in [0.15, 0.2) is 5.65 Å². The van der Waals surface area contributed by atoms with Crippen LogP contribution in [0.4, 0.5) is 0 Å². The first-order valence-electron chi connectivity index (χ1n) is 14.8. The summed E-state index contributed by atoms with van der Waals surface area (Å²) in [5.74, 6) is 2.96. The van der Waals surface area contributed by atoms with E-state index in [0.717, 1.165) is 45.8 Å². The Hall–Kier alpha value is -3.42. The highest BCUT2D eigenvalue weighted by Crippen LogP contribution is 2.34. The molecule has 0 bridgehead atoms. The molecule has 1 fully saturated rings. The van der Waals surface area contributed by atoms with Crippen molar-refractivity contribution < 1.29 is 14.2 Å². The molecule has 0 spiro atoms. The van der Waals surface area contributed by atoms with Crippen molar-refractivity contribution in [2.45, 2.75) is 77.7 Å². The van der Waals surface area contributed by atoms with Crippen LogP contribution in [-0.4, -0.2) is 34.3 Å². The van der Waals surface area contributed by atoms with Crippen LogP contribution in [0.1, 0.15) is 68.2 Å². The van der Waals surface area contributed by atoms with E-state index in [1.165, 1.54) is 37.7 Å². The van der Waals surface area contributed by atoms with E-state index in [2.05, 4.69) is 42.7 Å². The molecule has 7 nitrogen and oxygen atoms in total. The lowest BCUT2D eigenvalue weighted by Gasteiger charge is -2.29. The zero-order valence-corrected chi connectivity index (χ0v) is 24.9. The summed E-state index contributed by atoms with van der Waals surface area (Å²) in [6.45, 7) is 6.02. The smallest absolute Gasteiger partial charge is 0.160 e. The second-order valence-electron chi connectivity index (χ2n) is 12.1. The van der Waals surface area contributed by atoms with Crippen LogP contribution in [-0.2, 0) is 30.9 Å². The minimum Gasteiger partial charge on any atom is -0.497 e. The maximum absolute atomic E-state index is 6.43. The molecule has 0 saturated heterocycles. The monoisotopic (exact) mass is 556 g/mol. The molecule has 218 valence electrons. The first-order chi connectivity index (χ1) is 19.8. The fourth-order valence-corrected chi connectivity index (χ4v) is 6.08. The van der Waals surface area contributed by atoms with E-state index in [4.69, 9.17) is 29.9 Å². The molecule has 0 radical (unpaired) electrons. The summed E-state index contributed by atoms with van der Waals surface area (Å²) < 4.78 is 19.0. The van der Waals surface area contributed by atoms with Crippen molar-refractivity contribution in [1.82, 2.24) is 14.5 Å². The topological polar surface area (TPSA) is 84.4 Å². The Bertz CT molecular complexity index is 1420. The summed E-state index contributed by atoms with van der Waals surface area (Å²) in [4.78, 5) is 9.54. The van der Waals surface area contributed by atoms with Crippen LogP contribution < -0.4 is 15.2 Å². The highest BCUT2D eigenvalue weighted by atomic mass is 16.5. The van der Waals surface area contributed by atoms with E-state index in [9.17, 15) is 0 Å². The summed E-state index contributed by atoms with van der Waals surface area (Å²) >= 11 is 0. The van der Waals surface area contributed by atoms with Gasteiger partial charge in [0.25, 0.3) is 0 Å². The van der Waals surface area contributed by atoms with Gasteiger partial charge in [0.1, 0.15) is 17.0 Å². The van der Waals surface area contributed by atoms with Gasteiger partial charge >= 0.3 is 0 Å². The summed E-state index contributed by atoms with van der Waals surface area (Å²) in [5.41, 5.74) is 12.7. The summed E-state index contributed by atoms with van der Waals surface area (Å²) in [5, 5.41) is 0. The molecule has 1 aliphatic carbocycles. The third-order valence-corrected chi connectivity index (χ3v) is 8.57. The Morgan fingerprint density at radius 2 is 1.68 bits per heavy atom. The average molecular weight is 557 g/mol. The van der Waals surface area contributed by atoms with Gasteiger partial charge in [-0.25, -0.2) is 9.97 Å². The van der Waals surface area contributed by atoms with Gasteiger partial charge in [0.05, 0.1) is 40.3 Å². The van der Waals surface area contributed by atoms with Crippen molar-refractivity contribution in [1.29, 1.82) is 0 Å². The first-order valence-corrected chi connectivity index (χ1v) is 14.8. The SMILES string of the molecule is COc1ccc(COCc2ccc(Cn3cnc4cc(CC5CCCC(C(C)(C)N)CC5)cnc43)cc2OC)cc1. The molecule has 2 atom stereocenters. The molecule has 2 heterocycles. The summed E-state index contributed by atoms with van der Waals surface area (Å²) in [6.07, 6.45) is 11.2. The van der Waals surface area contributed by atoms with Crippen molar-refractivity contribution in [3.8, 4) is 11.5 Å². The van der Waals surface area contributed by atoms with Crippen LogP contribution >= 0.6 is 0 Å². The lowest BCUT2D eigenvalue weighted by atomic mass is 9.82. The molecule has 4 aromatic rings. The third kappa shape index (κ3) is 7.46. The van der Waals surface area contributed by atoms with E-state index in [1.54, 1.807) is 14.2 Å². The molecular formula is C34H44N4O3. The number of fused-ring (bicyclic) bond motifs is 1. The average Bonchev–Trinajstić information content (AvgIpc) is 3.19. The standard InChI is InChI=1S/C34H44N4O3/c1-34(2,35)29-7-5-6-24(9-13-29)16-27-17-31-33(36-19-27)38(23-37-31)20-26-8-12-28(32(18-26)40-4)22-41-21-25-10-14-30(39-3)15-11-25/h8,10-12,14-15,17-19,23-24,29H,5-7,9,13,16,20-22,35H2,1-4H3. The van der Waals surface area contributed by atoms with Crippen molar-refractivity contribution in [2.75, 3.05) is 14.2 Å². The number of rotatable bonds is 11. The van der Waals surface area contributed by atoms with E-state index in [-0.39, 0.29) is 5.54 Å². The predicted molar refractivity (Wildman–Crippen MR) is 163 cm³/mol. The number of hydrogen-bond donors (Lipinski definition) is 1. The molecule has 0 amide bonds. The predicted octanol–water partition coefficient (Wildman–Crippen LogP) is 6.69. The minimum absolute atomic E-state index is 0.0852. The second kappa shape index (κ2) is 13.0. The zero-order valence-electron chi connectivity index (χ0n) is 24.9. The maximum Gasteiger partial charge on any atom is 0.160 e. The van der Waals surface area contributed by atoms with Crippen LogP contribution in [0.15, 0.2) is 61.1 Å². The number of aromatic nitrogens is 3. The van der Waals surface area contributed by atoms with E-state index in [0.29, 0.717) is 31.6 Å². The normalized spacial score (nSPS) is 17.9. The minimum atomic E-state index is -0.0852. The van der Waals surface area contributed by atoms with Gasteiger partial charge in [-0.2, -0.15) is 0 Å². The fraction of sp³-hybridized carbons (Fsp3) is 0.471. The number of pyridine rings is 1. The Morgan fingerprint density at radius 3 is 2.44 bits per heavy atom. The lowest BCUT2D eigenvalue weighted by Crippen LogP contribution is -2.40. The maximum atomic E-state index is 6.43. The van der Waals surface area contributed by atoms with Gasteiger partial charge in [-0.15, -0.1) is 0 Å². The number of methoxy groups -OCH3 is 2. The van der Waals surface area contributed by atoms with Crippen LogP contribution in [0.3, 0.4) is 0 Å². The Kier molecular flexibility index (Phi) is 9.25. The third-order valence-electron chi connectivity index (χ3n) is 8.57. The highest BCUT2D eigenvalue weighted by Gasteiger charge is 2.28. The van der Waals surface area contributed by atoms with Gasteiger partial charge < -0.3 is 24.5 Å². The molecule has 2 N–H and O–H groups in total. The fourth-order valence-electron chi connectivity index (χ4n) is 6.08.